The Bertz CT molecular complexity index is 468. The van der Waals surface area contributed by atoms with E-state index in [9.17, 15) is 9.90 Å². The van der Waals surface area contributed by atoms with Gasteiger partial charge >= 0.3 is 0 Å². The number of amides is 1. The zero-order valence-corrected chi connectivity index (χ0v) is 11.8. The number of carbonyl (C=O) groups excluding carboxylic acids is 1. The van der Waals surface area contributed by atoms with Gasteiger partial charge in [0.15, 0.2) is 0 Å². The number of piperidine rings is 1. The molecular formula is C15H22N2O3. The van der Waals surface area contributed by atoms with Gasteiger partial charge < -0.3 is 20.5 Å². The lowest BCUT2D eigenvalue weighted by Crippen LogP contribution is -2.38. The number of rotatable bonds is 4. The van der Waals surface area contributed by atoms with Gasteiger partial charge in [-0.15, -0.1) is 0 Å². The van der Waals surface area contributed by atoms with Crippen molar-refractivity contribution in [2.45, 2.75) is 19.3 Å². The first-order valence-corrected chi connectivity index (χ1v) is 7.02. The first-order chi connectivity index (χ1) is 9.65. The molecule has 0 bridgehead atoms. The minimum atomic E-state index is -0.114. The highest BCUT2D eigenvalue weighted by Gasteiger charge is 2.24. The monoisotopic (exact) mass is 278 g/mol. The van der Waals surface area contributed by atoms with Gasteiger partial charge in [-0.1, -0.05) is 0 Å². The Kier molecular flexibility index (Phi) is 4.84. The molecule has 0 aliphatic carbocycles. The van der Waals surface area contributed by atoms with E-state index in [0.717, 1.165) is 32.4 Å². The smallest absolute Gasteiger partial charge is 0.257 e. The molecule has 1 aromatic rings. The molecule has 3 N–H and O–H groups in total. The Morgan fingerprint density at radius 3 is 2.70 bits per heavy atom. The molecule has 0 radical (unpaired) electrons. The van der Waals surface area contributed by atoms with Crippen molar-refractivity contribution in [3.63, 3.8) is 0 Å². The van der Waals surface area contributed by atoms with E-state index < -0.39 is 0 Å². The number of nitrogens with zero attached hydrogens (tertiary/aromatic N) is 1. The first-order valence-electron chi connectivity index (χ1n) is 7.02. The fourth-order valence-electron chi connectivity index (χ4n) is 2.65. The number of benzene rings is 1. The fourth-order valence-corrected chi connectivity index (χ4v) is 2.65. The number of methoxy groups -OCH3 is 1. The van der Waals surface area contributed by atoms with Crippen LogP contribution in [0.4, 0.5) is 0 Å². The highest BCUT2D eigenvalue weighted by Crippen LogP contribution is 2.27. The second-order valence-corrected chi connectivity index (χ2v) is 5.20. The average molecular weight is 278 g/mol. The molecule has 0 saturated carbocycles. The summed E-state index contributed by atoms with van der Waals surface area (Å²) in [7, 11) is 1.53. The number of phenols is 1. The summed E-state index contributed by atoms with van der Waals surface area (Å²) in [5.41, 5.74) is 5.90. The van der Waals surface area contributed by atoms with Crippen molar-refractivity contribution in [1.82, 2.24) is 4.90 Å². The highest BCUT2D eigenvalue weighted by molar-refractivity contribution is 5.97. The van der Waals surface area contributed by atoms with Crippen LogP contribution >= 0.6 is 0 Å². The number of ether oxygens (including phenoxy) is 1. The molecule has 1 amide bonds. The zero-order valence-electron chi connectivity index (χ0n) is 11.8. The van der Waals surface area contributed by atoms with Gasteiger partial charge in [0, 0.05) is 19.2 Å². The Labute approximate surface area is 119 Å². The van der Waals surface area contributed by atoms with E-state index in [4.69, 9.17) is 10.5 Å². The molecule has 1 saturated heterocycles. The van der Waals surface area contributed by atoms with Crippen LogP contribution in [0, 0.1) is 5.92 Å². The van der Waals surface area contributed by atoms with Crippen LogP contribution in [-0.2, 0) is 0 Å². The van der Waals surface area contributed by atoms with Crippen LogP contribution < -0.4 is 10.5 Å². The van der Waals surface area contributed by atoms with Gasteiger partial charge in [0.2, 0.25) is 0 Å². The van der Waals surface area contributed by atoms with Crippen molar-refractivity contribution < 1.29 is 14.6 Å². The van der Waals surface area contributed by atoms with E-state index in [1.807, 2.05) is 0 Å². The molecule has 0 atom stereocenters. The van der Waals surface area contributed by atoms with Gasteiger partial charge in [0.05, 0.1) is 12.7 Å². The standard InChI is InChI=1S/C15H22N2O3/c1-20-12-2-3-13(14(18)10-12)15(19)17-8-5-11(4-7-16)6-9-17/h2-3,10-11,18H,4-9,16H2,1H3. The summed E-state index contributed by atoms with van der Waals surface area (Å²) in [6.07, 6.45) is 3.00. The maximum Gasteiger partial charge on any atom is 0.257 e. The molecule has 1 fully saturated rings. The quantitative estimate of drug-likeness (QED) is 0.877. The molecular weight excluding hydrogens is 256 g/mol. The number of aromatic hydroxyl groups is 1. The van der Waals surface area contributed by atoms with Crippen LogP contribution in [0.25, 0.3) is 0 Å². The van der Waals surface area contributed by atoms with E-state index >= 15 is 0 Å². The predicted octanol–water partition coefficient (Wildman–Crippen LogP) is 1.60. The van der Waals surface area contributed by atoms with Crippen LogP contribution in [0.3, 0.4) is 0 Å². The lowest BCUT2D eigenvalue weighted by Gasteiger charge is -2.32. The second kappa shape index (κ2) is 6.61. The van der Waals surface area contributed by atoms with Gasteiger partial charge in [-0.2, -0.15) is 0 Å². The number of hydrogen-bond acceptors (Lipinski definition) is 4. The maximum atomic E-state index is 12.4. The topological polar surface area (TPSA) is 75.8 Å². The third kappa shape index (κ3) is 3.22. The van der Waals surface area contributed by atoms with E-state index in [1.165, 1.54) is 13.2 Å². The van der Waals surface area contributed by atoms with E-state index in [0.29, 0.717) is 23.8 Å². The molecule has 20 heavy (non-hydrogen) atoms. The summed E-state index contributed by atoms with van der Waals surface area (Å²) in [5, 5.41) is 9.92. The SMILES string of the molecule is COc1ccc(C(=O)N2CCC(CCN)CC2)c(O)c1. The fraction of sp³-hybridized carbons (Fsp3) is 0.533. The molecule has 2 rings (SSSR count). The summed E-state index contributed by atoms with van der Waals surface area (Å²) < 4.78 is 5.02. The van der Waals surface area contributed by atoms with Crippen molar-refractivity contribution in [1.29, 1.82) is 0 Å². The summed E-state index contributed by atoms with van der Waals surface area (Å²) in [5.74, 6) is 1.02. The number of likely N-dealkylation sites (tertiary alicyclic amines) is 1. The average Bonchev–Trinajstić information content (AvgIpc) is 2.47. The number of carbonyl (C=O) groups is 1. The zero-order chi connectivity index (χ0) is 14.5. The number of phenolic OH excluding ortho intramolecular Hbond substituents is 1. The van der Waals surface area contributed by atoms with Crippen molar-refractivity contribution >= 4 is 5.91 Å². The third-order valence-corrected chi connectivity index (χ3v) is 3.91. The van der Waals surface area contributed by atoms with Crippen LogP contribution in [0.15, 0.2) is 18.2 Å². The highest BCUT2D eigenvalue weighted by atomic mass is 16.5. The lowest BCUT2D eigenvalue weighted by atomic mass is 9.93. The van der Waals surface area contributed by atoms with Gasteiger partial charge in [-0.25, -0.2) is 0 Å². The summed E-state index contributed by atoms with van der Waals surface area (Å²) in [6, 6.07) is 4.77. The van der Waals surface area contributed by atoms with Gasteiger partial charge in [-0.05, 0) is 43.9 Å². The van der Waals surface area contributed by atoms with Gasteiger partial charge in [-0.3, -0.25) is 4.79 Å². The molecule has 110 valence electrons. The Morgan fingerprint density at radius 1 is 1.45 bits per heavy atom. The molecule has 1 aliphatic heterocycles. The van der Waals surface area contributed by atoms with Crippen molar-refractivity contribution in [3.8, 4) is 11.5 Å². The van der Waals surface area contributed by atoms with Crippen molar-refractivity contribution in [3.05, 3.63) is 23.8 Å². The van der Waals surface area contributed by atoms with Crippen LogP contribution in [-0.4, -0.2) is 42.7 Å². The third-order valence-electron chi connectivity index (χ3n) is 3.91. The molecule has 0 unspecified atom stereocenters. The van der Waals surface area contributed by atoms with E-state index in [2.05, 4.69) is 0 Å². The molecule has 5 heteroatoms. The number of nitrogens with two attached hydrogens (primary N) is 1. The predicted molar refractivity (Wildman–Crippen MR) is 77.0 cm³/mol. The maximum absolute atomic E-state index is 12.4. The Morgan fingerprint density at radius 2 is 2.15 bits per heavy atom. The summed E-state index contributed by atoms with van der Waals surface area (Å²) in [4.78, 5) is 14.2. The molecule has 1 heterocycles. The summed E-state index contributed by atoms with van der Waals surface area (Å²) >= 11 is 0. The van der Waals surface area contributed by atoms with E-state index in [-0.39, 0.29) is 11.7 Å². The Hall–Kier alpha value is -1.75. The van der Waals surface area contributed by atoms with Crippen LogP contribution in [0.1, 0.15) is 29.6 Å². The molecule has 1 aliphatic rings. The van der Waals surface area contributed by atoms with Crippen molar-refractivity contribution in [2.24, 2.45) is 11.7 Å². The molecule has 1 aromatic carbocycles. The minimum absolute atomic E-state index is 0.0292. The molecule has 0 spiro atoms. The minimum Gasteiger partial charge on any atom is -0.507 e. The molecule has 0 aromatic heterocycles. The first kappa shape index (κ1) is 14.7. The van der Waals surface area contributed by atoms with Crippen molar-refractivity contribution in [2.75, 3.05) is 26.7 Å². The number of hydrogen-bond donors (Lipinski definition) is 2. The second-order valence-electron chi connectivity index (χ2n) is 5.20. The van der Waals surface area contributed by atoms with Gasteiger partial charge in [0.1, 0.15) is 11.5 Å². The van der Waals surface area contributed by atoms with Gasteiger partial charge in [0.25, 0.3) is 5.91 Å². The van der Waals surface area contributed by atoms with E-state index in [1.54, 1.807) is 17.0 Å². The normalized spacial score (nSPS) is 16.2. The lowest BCUT2D eigenvalue weighted by molar-refractivity contribution is 0.0685. The largest absolute Gasteiger partial charge is 0.507 e. The Balaban J connectivity index is 2.02. The van der Waals surface area contributed by atoms with Crippen LogP contribution in [0.2, 0.25) is 0 Å². The van der Waals surface area contributed by atoms with Crippen LogP contribution in [0.5, 0.6) is 11.5 Å². The summed E-state index contributed by atoms with van der Waals surface area (Å²) in [6.45, 7) is 2.17. The molecule has 5 nitrogen and oxygen atoms in total.